The molecule has 0 bridgehead atoms. The highest BCUT2D eigenvalue weighted by atomic mass is 79.9. The first-order valence-electron chi connectivity index (χ1n) is 7.12. The molecule has 1 aromatic rings. The number of benzene rings is 1. The number of aromatic hydroxyl groups is 1. The Bertz CT molecular complexity index is 461. The summed E-state index contributed by atoms with van der Waals surface area (Å²) in [4.78, 5) is 2.26. The standard InChI is InChI=1S/C15H22BrFN2O/c1-10(2)9-13(19-7-5-18-6-8-19)14-12(17)4-3-11(16)15(14)20/h3-4,10,13,18,20H,5-9H2,1-2H3/t13-/m0/s1. The Labute approximate surface area is 128 Å². The maximum atomic E-state index is 14.3. The van der Waals surface area contributed by atoms with Gasteiger partial charge < -0.3 is 10.4 Å². The average molecular weight is 345 g/mol. The lowest BCUT2D eigenvalue weighted by Gasteiger charge is -2.36. The number of nitrogens with zero attached hydrogens (tertiary/aromatic N) is 1. The smallest absolute Gasteiger partial charge is 0.137 e. The predicted molar refractivity (Wildman–Crippen MR) is 82.4 cm³/mol. The normalized spacial score (nSPS) is 18.4. The predicted octanol–water partition coefficient (Wildman–Crippen LogP) is 3.29. The zero-order valence-electron chi connectivity index (χ0n) is 12.0. The van der Waals surface area contributed by atoms with Crippen LogP contribution < -0.4 is 5.32 Å². The molecule has 0 spiro atoms. The van der Waals surface area contributed by atoms with Crippen molar-refractivity contribution in [1.82, 2.24) is 10.2 Å². The van der Waals surface area contributed by atoms with Gasteiger partial charge in [-0.15, -0.1) is 0 Å². The average Bonchev–Trinajstić information content (AvgIpc) is 2.43. The lowest BCUT2D eigenvalue weighted by molar-refractivity contribution is 0.148. The molecule has 0 saturated carbocycles. The molecular formula is C15H22BrFN2O. The molecule has 0 aliphatic carbocycles. The van der Waals surface area contributed by atoms with Gasteiger partial charge in [0.2, 0.25) is 0 Å². The monoisotopic (exact) mass is 344 g/mol. The number of rotatable bonds is 4. The van der Waals surface area contributed by atoms with Gasteiger partial charge in [0.25, 0.3) is 0 Å². The Kier molecular flexibility index (Phi) is 5.41. The Morgan fingerprint density at radius 3 is 2.60 bits per heavy atom. The van der Waals surface area contributed by atoms with Crippen LogP contribution in [0.1, 0.15) is 31.9 Å². The van der Waals surface area contributed by atoms with Crippen LogP contribution in [-0.4, -0.2) is 36.2 Å². The van der Waals surface area contributed by atoms with Gasteiger partial charge >= 0.3 is 0 Å². The van der Waals surface area contributed by atoms with Crippen LogP contribution in [0.3, 0.4) is 0 Å². The number of hydrogen-bond acceptors (Lipinski definition) is 3. The molecule has 1 saturated heterocycles. The second-order valence-electron chi connectivity index (χ2n) is 5.72. The molecule has 0 radical (unpaired) electrons. The third-order valence-electron chi connectivity index (χ3n) is 3.73. The van der Waals surface area contributed by atoms with Crippen molar-refractivity contribution in [3.63, 3.8) is 0 Å². The van der Waals surface area contributed by atoms with Gasteiger partial charge in [0.1, 0.15) is 11.6 Å². The number of hydrogen-bond donors (Lipinski definition) is 2. The van der Waals surface area contributed by atoms with Gasteiger partial charge in [-0.2, -0.15) is 0 Å². The molecule has 1 aliphatic heterocycles. The molecule has 3 nitrogen and oxygen atoms in total. The number of halogens is 2. The molecular weight excluding hydrogens is 323 g/mol. The van der Waals surface area contributed by atoms with E-state index in [4.69, 9.17) is 0 Å². The fourth-order valence-electron chi connectivity index (χ4n) is 2.76. The van der Waals surface area contributed by atoms with E-state index in [2.05, 4.69) is 40.0 Å². The minimum Gasteiger partial charge on any atom is -0.506 e. The summed E-state index contributed by atoms with van der Waals surface area (Å²) in [5.74, 6) is 0.150. The summed E-state index contributed by atoms with van der Waals surface area (Å²) in [5, 5.41) is 13.6. The molecule has 1 aliphatic rings. The lowest BCUT2D eigenvalue weighted by Crippen LogP contribution is -2.45. The molecule has 1 heterocycles. The summed E-state index contributed by atoms with van der Waals surface area (Å²) in [5.41, 5.74) is 0.426. The van der Waals surface area contributed by atoms with Crippen LogP contribution in [0.2, 0.25) is 0 Å². The second kappa shape index (κ2) is 6.87. The SMILES string of the molecule is CC(C)C[C@@H](c1c(F)ccc(Br)c1O)N1CCNCC1. The van der Waals surface area contributed by atoms with Crippen molar-refractivity contribution in [3.05, 3.63) is 28.0 Å². The number of piperazine rings is 1. The highest BCUT2D eigenvalue weighted by Gasteiger charge is 2.28. The Balaban J connectivity index is 2.37. The third kappa shape index (κ3) is 3.51. The Morgan fingerprint density at radius 2 is 2.00 bits per heavy atom. The molecule has 20 heavy (non-hydrogen) atoms. The maximum Gasteiger partial charge on any atom is 0.137 e. The van der Waals surface area contributed by atoms with Gasteiger partial charge in [0.15, 0.2) is 0 Å². The molecule has 1 atom stereocenters. The molecule has 0 amide bonds. The summed E-state index contributed by atoms with van der Waals surface area (Å²) in [6, 6.07) is 2.90. The van der Waals surface area contributed by atoms with Crippen LogP contribution >= 0.6 is 15.9 Å². The molecule has 2 N–H and O–H groups in total. The first-order chi connectivity index (χ1) is 9.50. The molecule has 1 fully saturated rings. The van der Waals surface area contributed by atoms with Gasteiger partial charge in [-0.1, -0.05) is 13.8 Å². The largest absolute Gasteiger partial charge is 0.506 e. The van der Waals surface area contributed by atoms with E-state index >= 15 is 0 Å². The first-order valence-corrected chi connectivity index (χ1v) is 7.91. The van der Waals surface area contributed by atoms with Gasteiger partial charge in [0.05, 0.1) is 4.47 Å². The zero-order valence-corrected chi connectivity index (χ0v) is 13.6. The van der Waals surface area contributed by atoms with Crippen molar-refractivity contribution < 1.29 is 9.50 Å². The molecule has 5 heteroatoms. The molecule has 0 aromatic heterocycles. The van der Waals surface area contributed by atoms with Crippen molar-refractivity contribution in [2.24, 2.45) is 5.92 Å². The lowest BCUT2D eigenvalue weighted by atomic mass is 9.94. The molecule has 112 valence electrons. The van der Waals surface area contributed by atoms with Crippen molar-refractivity contribution in [2.45, 2.75) is 26.3 Å². The Hall–Kier alpha value is -0.650. The van der Waals surface area contributed by atoms with E-state index in [0.29, 0.717) is 16.0 Å². The van der Waals surface area contributed by atoms with Gasteiger partial charge in [-0.25, -0.2) is 4.39 Å². The van der Waals surface area contributed by atoms with E-state index in [0.717, 1.165) is 32.6 Å². The zero-order chi connectivity index (χ0) is 14.7. The molecule has 0 unspecified atom stereocenters. The highest BCUT2D eigenvalue weighted by molar-refractivity contribution is 9.10. The van der Waals surface area contributed by atoms with E-state index in [1.165, 1.54) is 6.07 Å². The van der Waals surface area contributed by atoms with Crippen molar-refractivity contribution in [1.29, 1.82) is 0 Å². The van der Waals surface area contributed by atoms with Crippen LogP contribution in [0.4, 0.5) is 4.39 Å². The minimum atomic E-state index is -0.324. The van der Waals surface area contributed by atoms with E-state index in [1.54, 1.807) is 6.07 Å². The van der Waals surface area contributed by atoms with Crippen molar-refractivity contribution in [3.8, 4) is 5.75 Å². The van der Waals surface area contributed by atoms with Gasteiger partial charge in [-0.05, 0) is 40.4 Å². The van der Waals surface area contributed by atoms with Crippen LogP contribution in [0, 0.1) is 11.7 Å². The van der Waals surface area contributed by atoms with Gasteiger partial charge in [-0.3, -0.25) is 4.90 Å². The van der Waals surface area contributed by atoms with E-state index in [-0.39, 0.29) is 17.6 Å². The minimum absolute atomic E-state index is 0.0363. The van der Waals surface area contributed by atoms with Crippen LogP contribution in [-0.2, 0) is 0 Å². The topological polar surface area (TPSA) is 35.5 Å². The van der Waals surface area contributed by atoms with E-state index in [1.807, 2.05) is 0 Å². The van der Waals surface area contributed by atoms with Crippen molar-refractivity contribution >= 4 is 15.9 Å². The summed E-state index contributed by atoms with van der Waals surface area (Å²) in [7, 11) is 0. The third-order valence-corrected chi connectivity index (χ3v) is 4.37. The fourth-order valence-corrected chi connectivity index (χ4v) is 3.11. The van der Waals surface area contributed by atoms with E-state index < -0.39 is 0 Å². The number of phenolic OH excluding ortho intramolecular Hbond substituents is 1. The maximum absolute atomic E-state index is 14.3. The van der Waals surface area contributed by atoms with Crippen molar-refractivity contribution in [2.75, 3.05) is 26.2 Å². The Morgan fingerprint density at radius 1 is 1.35 bits per heavy atom. The molecule has 2 rings (SSSR count). The highest BCUT2D eigenvalue weighted by Crippen LogP contribution is 2.39. The number of phenols is 1. The quantitative estimate of drug-likeness (QED) is 0.879. The number of nitrogens with one attached hydrogen (secondary N) is 1. The summed E-state index contributed by atoms with van der Waals surface area (Å²) >= 11 is 3.29. The second-order valence-corrected chi connectivity index (χ2v) is 6.58. The fraction of sp³-hybridized carbons (Fsp3) is 0.600. The van der Waals surface area contributed by atoms with Crippen LogP contribution in [0.25, 0.3) is 0 Å². The van der Waals surface area contributed by atoms with Crippen LogP contribution in [0.5, 0.6) is 5.75 Å². The first kappa shape index (κ1) is 15.7. The van der Waals surface area contributed by atoms with E-state index in [9.17, 15) is 9.50 Å². The summed E-state index contributed by atoms with van der Waals surface area (Å²) in [6.45, 7) is 7.83. The van der Waals surface area contributed by atoms with Gasteiger partial charge in [0, 0.05) is 37.8 Å². The summed E-state index contributed by atoms with van der Waals surface area (Å²) < 4.78 is 14.8. The van der Waals surface area contributed by atoms with Crippen LogP contribution in [0.15, 0.2) is 16.6 Å². The molecule has 1 aromatic carbocycles. The summed E-state index contributed by atoms with van der Waals surface area (Å²) in [6.07, 6.45) is 0.834.